The standard InChI is InChI=1S/C28H34N2O3.C15H21Br.C15H18N2O3/c1-27(2)12-13-28(3,4)24-14-19(6-11-23(24)27)17-33-21-9-7-20(8-10-21)22(15-26(31)32)25-16-29-18-30(25)5;1-14(2)7-8-15(3,4)13-9-11(10-16)5-6-12(13)14;1-3-20-15(19)8-13(14-9-16-10-17(14)2)11-4-6-12(18)7-5-11/h6-11,14,16,18,22H,12-13,15,17H2,1-5H3,(H,31,32);5-6,9H,7-8,10H2,1-4H3;4-7,9-10,13,18H,3,8H2,1-2H3/t22-;;13-/m0.0/s1. The Bertz CT molecular complexity index is 2680. The minimum Gasteiger partial charge on any atom is -0.508 e. The molecular formula is C58H73BrN4O6. The Kier molecular flexibility index (Phi) is 16.8. The number of carboxylic acids is 1. The Morgan fingerprint density at radius 2 is 1.07 bits per heavy atom. The Morgan fingerprint density at radius 3 is 1.51 bits per heavy atom. The van der Waals surface area contributed by atoms with Crippen molar-refractivity contribution in [3.8, 4) is 11.5 Å². The zero-order chi connectivity index (χ0) is 50.3. The minimum absolute atomic E-state index is 0.0149. The van der Waals surface area contributed by atoms with Gasteiger partial charge in [-0.3, -0.25) is 9.59 Å². The van der Waals surface area contributed by atoms with Crippen LogP contribution in [-0.2, 0) is 62.0 Å². The van der Waals surface area contributed by atoms with Gasteiger partial charge in [0.1, 0.15) is 18.1 Å². The quantitative estimate of drug-likeness (QED) is 0.0865. The number of imidazole rings is 2. The molecule has 6 aromatic rings. The number of phenolic OH excluding ortho intramolecular Hbond substituents is 1. The zero-order valence-electron chi connectivity index (χ0n) is 42.6. The SMILES string of the molecule is CC1(C)CCC(C)(C)c2cc(CBr)ccc21.CCOC(=O)C[C@@H](c1ccc(O)cc1)c1cncn1C.Cn1cncc1[C@@H](CC(=O)O)c1ccc(OCc2ccc3c(c2)C(C)(C)CCC3(C)C)cc1. The maximum absolute atomic E-state index is 11.8. The number of aromatic nitrogens is 4. The number of aromatic hydroxyl groups is 1. The van der Waals surface area contributed by atoms with Gasteiger partial charge in [0.2, 0.25) is 0 Å². The molecule has 0 radical (unpaired) electrons. The molecule has 0 saturated carbocycles. The van der Waals surface area contributed by atoms with Gasteiger partial charge in [-0.05, 0) is 123 Å². The van der Waals surface area contributed by atoms with E-state index in [4.69, 9.17) is 9.47 Å². The lowest BCUT2D eigenvalue weighted by molar-refractivity contribution is -0.143. The van der Waals surface area contributed by atoms with Gasteiger partial charge < -0.3 is 28.8 Å². The van der Waals surface area contributed by atoms with Gasteiger partial charge in [0.05, 0.1) is 32.1 Å². The number of halogens is 1. The van der Waals surface area contributed by atoms with Crippen molar-refractivity contribution in [3.63, 3.8) is 0 Å². The third kappa shape index (κ3) is 13.0. The molecule has 2 aliphatic carbocycles. The number of benzene rings is 4. The number of carbonyl (C=O) groups excluding carboxylic acids is 1. The van der Waals surface area contributed by atoms with Crippen LogP contribution in [0.3, 0.4) is 0 Å². The van der Waals surface area contributed by atoms with E-state index in [1.807, 2.05) is 59.6 Å². The molecule has 2 N–H and O–H groups in total. The monoisotopic (exact) mass is 1000 g/mol. The second-order valence-electron chi connectivity index (χ2n) is 21.4. The molecule has 10 nitrogen and oxygen atoms in total. The van der Waals surface area contributed by atoms with Crippen molar-refractivity contribution in [1.82, 2.24) is 19.1 Å². The summed E-state index contributed by atoms with van der Waals surface area (Å²) >= 11 is 3.55. The summed E-state index contributed by atoms with van der Waals surface area (Å²) in [4.78, 5) is 31.5. The number of alkyl halides is 1. The lowest BCUT2D eigenvalue weighted by atomic mass is 9.63. The number of phenols is 1. The molecule has 0 unspecified atom stereocenters. The van der Waals surface area contributed by atoms with Gasteiger partial charge in [-0.1, -0.05) is 132 Å². The first-order chi connectivity index (χ1) is 32.5. The Balaban J connectivity index is 0.000000185. The molecule has 2 aromatic heterocycles. The predicted molar refractivity (Wildman–Crippen MR) is 279 cm³/mol. The van der Waals surface area contributed by atoms with Crippen molar-refractivity contribution < 1.29 is 29.3 Å². The Morgan fingerprint density at radius 1 is 0.638 bits per heavy atom. The molecule has 8 rings (SSSR count). The fourth-order valence-electron chi connectivity index (χ4n) is 9.87. The van der Waals surface area contributed by atoms with E-state index in [0.29, 0.717) is 24.0 Å². The number of nitrogens with zero attached hydrogens (tertiary/aromatic N) is 4. The summed E-state index contributed by atoms with van der Waals surface area (Å²) < 4.78 is 14.9. The average Bonchev–Trinajstić information content (AvgIpc) is 3.95. The number of rotatable bonds is 13. The van der Waals surface area contributed by atoms with Crippen molar-refractivity contribution in [2.75, 3.05) is 6.61 Å². The van der Waals surface area contributed by atoms with E-state index in [9.17, 15) is 19.8 Å². The number of carboxylic acid groups (broad SMARTS) is 1. The minimum atomic E-state index is -0.833. The molecule has 0 fully saturated rings. The van der Waals surface area contributed by atoms with Crippen LogP contribution in [0.1, 0.15) is 169 Å². The van der Waals surface area contributed by atoms with Gasteiger partial charge in [-0.15, -0.1) is 0 Å². The summed E-state index contributed by atoms with van der Waals surface area (Å²) in [5.41, 5.74) is 13.3. The van der Waals surface area contributed by atoms with Gasteiger partial charge in [0.15, 0.2) is 0 Å². The Labute approximate surface area is 418 Å². The van der Waals surface area contributed by atoms with Gasteiger partial charge in [-0.25, -0.2) is 9.97 Å². The number of ether oxygens (including phenoxy) is 2. The molecule has 0 aliphatic heterocycles. The Hall–Kier alpha value is -5.68. The van der Waals surface area contributed by atoms with E-state index in [0.717, 1.165) is 33.6 Å². The smallest absolute Gasteiger partial charge is 0.306 e. The summed E-state index contributed by atoms with van der Waals surface area (Å²) in [7, 11) is 3.77. The van der Waals surface area contributed by atoms with Gasteiger partial charge in [0.25, 0.3) is 0 Å². The average molecular weight is 1000 g/mol. The molecule has 2 atom stereocenters. The lowest BCUT2D eigenvalue weighted by Crippen LogP contribution is -2.33. The van der Waals surface area contributed by atoms with Gasteiger partial charge >= 0.3 is 11.9 Å². The number of esters is 1. The van der Waals surface area contributed by atoms with Crippen LogP contribution in [0, 0.1) is 0 Å². The summed E-state index contributed by atoms with van der Waals surface area (Å²) in [6.45, 7) is 21.5. The molecule has 2 heterocycles. The molecule has 4 aromatic carbocycles. The maximum Gasteiger partial charge on any atom is 0.306 e. The predicted octanol–water partition coefficient (Wildman–Crippen LogP) is 13.1. The first-order valence-electron chi connectivity index (χ1n) is 24.2. The highest BCUT2D eigenvalue weighted by Gasteiger charge is 2.38. The second-order valence-corrected chi connectivity index (χ2v) is 22.0. The van der Waals surface area contributed by atoms with Crippen molar-refractivity contribution in [3.05, 3.63) is 166 Å². The normalized spacial score (nSPS) is 16.8. The van der Waals surface area contributed by atoms with E-state index >= 15 is 0 Å². The molecule has 368 valence electrons. The third-order valence-electron chi connectivity index (χ3n) is 14.4. The largest absolute Gasteiger partial charge is 0.508 e. The zero-order valence-corrected chi connectivity index (χ0v) is 44.2. The van der Waals surface area contributed by atoms with Crippen LogP contribution in [0.2, 0.25) is 0 Å². The maximum atomic E-state index is 11.8. The molecule has 69 heavy (non-hydrogen) atoms. The van der Waals surface area contributed by atoms with Crippen LogP contribution in [0.25, 0.3) is 0 Å². The topological polar surface area (TPSA) is 129 Å². The molecule has 0 spiro atoms. The van der Waals surface area contributed by atoms with Crippen LogP contribution >= 0.6 is 15.9 Å². The molecule has 0 amide bonds. The van der Waals surface area contributed by atoms with E-state index in [1.165, 1.54) is 47.9 Å². The number of aryl methyl sites for hydroxylation is 2. The van der Waals surface area contributed by atoms with Crippen molar-refractivity contribution in [1.29, 1.82) is 0 Å². The number of hydrogen-bond acceptors (Lipinski definition) is 7. The highest BCUT2D eigenvalue weighted by molar-refractivity contribution is 9.08. The number of fused-ring (bicyclic) bond motifs is 2. The van der Waals surface area contributed by atoms with E-state index in [-0.39, 0.29) is 47.2 Å². The van der Waals surface area contributed by atoms with E-state index < -0.39 is 5.97 Å². The fourth-order valence-corrected chi connectivity index (χ4v) is 10.2. The molecule has 2 aliphatic rings. The van der Waals surface area contributed by atoms with E-state index in [1.54, 1.807) is 55.2 Å². The highest BCUT2D eigenvalue weighted by atomic mass is 79.9. The number of carbonyl (C=O) groups is 2. The van der Waals surface area contributed by atoms with Crippen molar-refractivity contribution in [2.24, 2.45) is 14.1 Å². The van der Waals surface area contributed by atoms with Crippen LogP contribution in [0.4, 0.5) is 0 Å². The summed E-state index contributed by atoms with van der Waals surface area (Å²) in [5.74, 6) is -0.493. The third-order valence-corrected chi connectivity index (χ3v) is 15.1. The first-order valence-corrected chi connectivity index (χ1v) is 25.3. The molecule has 0 bridgehead atoms. The molecule has 11 heteroatoms. The van der Waals surface area contributed by atoms with Gasteiger partial charge in [-0.2, -0.15) is 0 Å². The van der Waals surface area contributed by atoms with Crippen molar-refractivity contribution in [2.45, 2.75) is 146 Å². The lowest BCUT2D eigenvalue weighted by Gasteiger charge is -2.42. The highest BCUT2D eigenvalue weighted by Crippen LogP contribution is 2.47. The molecular weight excluding hydrogens is 929 g/mol. The van der Waals surface area contributed by atoms with Gasteiger partial charge in [0, 0.05) is 55.0 Å². The second kappa shape index (κ2) is 22.0. The van der Waals surface area contributed by atoms with E-state index in [2.05, 4.69) is 118 Å². The summed E-state index contributed by atoms with van der Waals surface area (Å²) in [6.07, 6.45) is 12.1. The van der Waals surface area contributed by atoms with Crippen LogP contribution < -0.4 is 4.74 Å². The fraction of sp³-hybridized carbons (Fsp3) is 0.448. The van der Waals surface area contributed by atoms with Crippen LogP contribution in [0.5, 0.6) is 11.5 Å². The first kappa shape index (κ1) is 52.7. The molecule has 0 saturated heterocycles. The van der Waals surface area contributed by atoms with Crippen LogP contribution in [-0.4, -0.2) is 47.9 Å². The summed E-state index contributed by atoms with van der Waals surface area (Å²) in [5, 5.41) is 19.7. The number of aliphatic carboxylic acids is 1. The van der Waals surface area contributed by atoms with Crippen molar-refractivity contribution >= 4 is 27.9 Å². The van der Waals surface area contributed by atoms with Crippen LogP contribution in [0.15, 0.2) is 110 Å². The number of hydrogen-bond donors (Lipinski definition) is 2. The summed E-state index contributed by atoms with van der Waals surface area (Å²) in [6, 6.07) is 28.4.